The van der Waals surface area contributed by atoms with E-state index in [1.807, 2.05) is 44.5 Å². The molecule has 4 aromatic rings. The summed E-state index contributed by atoms with van der Waals surface area (Å²) in [7, 11) is 0. The maximum Gasteiger partial charge on any atom is 0.199 e. The Kier molecular flexibility index (Phi) is 6.61. The van der Waals surface area contributed by atoms with Gasteiger partial charge in [0.2, 0.25) is 0 Å². The maximum atomic E-state index is 14.6. The molecule has 0 atom stereocenters. The van der Waals surface area contributed by atoms with Crippen LogP contribution in [-0.2, 0) is 13.2 Å². The monoisotopic (exact) mass is 491 g/mol. The summed E-state index contributed by atoms with van der Waals surface area (Å²) in [6, 6.07) is 18.5. The van der Waals surface area contributed by atoms with E-state index in [1.165, 1.54) is 13.0 Å². The summed E-state index contributed by atoms with van der Waals surface area (Å²) in [4.78, 5) is 15.8. The van der Waals surface area contributed by atoms with Gasteiger partial charge in [-0.2, -0.15) is 0 Å². The van der Waals surface area contributed by atoms with Crippen molar-refractivity contribution in [2.24, 2.45) is 0 Å². The van der Waals surface area contributed by atoms with E-state index in [-0.39, 0.29) is 11.6 Å². The molecule has 5 rings (SSSR count). The molecule has 180 valence electrons. The Morgan fingerprint density at radius 2 is 1.83 bits per heavy atom. The van der Waals surface area contributed by atoms with Crippen molar-refractivity contribution < 1.29 is 13.6 Å². The predicted octanol–water partition coefficient (Wildman–Crippen LogP) is 4.84. The van der Waals surface area contributed by atoms with E-state index >= 15 is 0 Å². The summed E-state index contributed by atoms with van der Waals surface area (Å²) in [6.07, 6.45) is 1.63. The number of carbonyl (C=O) groups excluding carboxylic acids is 1. The first kappa shape index (κ1) is 23.2. The molecule has 9 heteroatoms. The molecule has 2 aromatic carbocycles. The average Bonchev–Trinajstić information content (AvgIpc) is 3.50. The Balaban J connectivity index is 1.32. The minimum Gasteiger partial charge on any atom is -0.461 e. The second-order valence-corrected chi connectivity index (χ2v) is 8.99. The summed E-state index contributed by atoms with van der Waals surface area (Å²) >= 11 is 5.81. The number of aromatic nitrogens is 3. The van der Waals surface area contributed by atoms with Gasteiger partial charge in [0, 0.05) is 31.7 Å². The lowest BCUT2D eigenvalue weighted by Crippen LogP contribution is -2.47. The van der Waals surface area contributed by atoms with Crippen molar-refractivity contribution in [3.63, 3.8) is 0 Å². The quantitative estimate of drug-likeness (QED) is 0.272. The molecule has 0 spiro atoms. The number of benzene rings is 2. The molecule has 1 fully saturated rings. The van der Waals surface area contributed by atoms with Gasteiger partial charge in [0.15, 0.2) is 22.1 Å². The summed E-state index contributed by atoms with van der Waals surface area (Å²) in [5, 5.41) is 4.79. The van der Waals surface area contributed by atoms with E-state index in [0.717, 1.165) is 18.7 Å². The molecule has 0 radical (unpaired) electrons. The summed E-state index contributed by atoms with van der Waals surface area (Å²) in [5.74, 6) is 0.851. The SMILES string of the molecule is CC(=O)c1ccc(N2CCN(Cn3nc(-c4ccco4)n(Cc4ccccc4)c3=S)CC2)c(F)c1. The number of ketones is 1. The standard InChI is InChI=1S/C26H26FN5O2S/c1-19(33)21-9-10-23(22(27)16-21)30-13-11-29(12-14-30)18-32-26(35)31(17-20-6-3-2-4-7-20)25(28-32)24-8-5-15-34-24/h2-10,15-16H,11-14,17-18H2,1H3. The zero-order chi connectivity index (χ0) is 24.4. The fourth-order valence-corrected chi connectivity index (χ4v) is 4.58. The normalized spacial score (nSPS) is 14.4. The molecule has 0 bridgehead atoms. The lowest BCUT2D eigenvalue weighted by atomic mass is 10.1. The second-order valence-electron chi connectivity index (χ2n) is 8.62. The highest BCUT2D eigenvalue weighted by Crippen LogP contribution is 2.24. The van der Waals surface area contributed by atoms with E-state index in [9.17, 15) is 9.18 Å². The van der Waals surface area contributed by atoms with Crippen LogP contribution in [-0.4, -0.2) is 51.2 Å². The Morgan fingerprint density at radius 3 is 2.49 bits per heavy atom. The predicted molar refractivity (Wildman–Crippen MR) is 134 cm³/mol. The topological polar surface area (TPSA) is 59.4 Å². The van der Waals surface area contributed by atoms with E-state index < -0.39 is 0 Å². The molecule has 0 unspecified atom stereocenters. The van der Waals surface area contributed by atoms with Gasteiger partial charge >= 0.3 is 0 Å². The van der Waals surface area contributed by atoms with Gasteiger partial charge < -0.3 is 9.32 Å². The molecule has 35 heavy (non-hydrogen) atoms. The van der Waals surface area contributed by atoms with Crippen LogP contribution in [0.3, 0.4) is 0 Å². The third kappa shape index (κ3) is 4.96. The van der Waals surface area contributed by atoms with Crippen LogP contribution in [0.15, 0.2) is 71.3 Å². The van der Waals surface area contributed by atoms with Crippen molar-refractivity contribution in [3.05, 3.63) is 88.6 Å². The first-order valence-corrected chi connectivity index (χ1v) is 11.9. The molecule has 3 heterocycles. The van der Waals surface area contributed by atoms with Gasteiger partial charge in [0.25, 0.3) is 0 Å². The highest BCUT2D eigenvalue weighted by atomic mass is 32.1. The number of carbonyl (C=O) groups is 1. The second kappa shape index (κ2) is 9.97. The van der Waals surface area contributed by atoms with Gasteiger partial charge in [-0.25, -0.2) is 9.07 Å². The number of halogens is 1. The molecule has 0 aliphatic carbocycles. The number of nitrogens with zero attached hydrogens (tertiary/aromatic N) is 5. The number of piperazine rings is 1. The lowest BCUT2D eigenvalue weighted by Gasteiger charge is -2.36. The number of anilines is 1. The van der Waals surface area contributed by atoms with Gasteiger partial charge in [-0.3, -0.25) is 14.3 Å². The Labute approximate surface area is 208 Å². The number of hydrogen-bond acceptors (Lipinski definition) is 6. The minimum atomic E-state index is -0.365. The van der Waals surface area contributed by atoms with Crippen molar-refractivity contribution >= 4 is 23.7 Å². The smallest absolute Gasteiger partial charge is 0.199 e. The zero-order valence-electron chi connectivity index (χ0n) is 19.4. The molecule has 1 aliphatic heterocycles. The van der Waals surface area contributed by atoms with Crippen LogP contribution >= 0.6 is 12.2 Å². The lowest BCUT2D eigenvalue weighted by molar-refractivity contribution is 0.101. The molecule has 7 nitrogen and oxygen atoms in total. The molecule has 1 aliphatic rings. The van der Waals surface area contributed by atoms with Gasteiger partial charge in [-0.05, 0) is 55.0 Å². The summed E-state index contributed by atoms with van der Waals surface area (Å²) < 4.78 is 24.7. The number of Topliss-reactive ketones (excluding diaryl/α,β-unsaturated/α-hetero) is 1. The van der Waals surface area contributed by atoms with Crippen LogP contribution in [0.1, 0.15) is 22.8 Å². The summed E-state index contributed by atoms with van der Waals surface area (Å²) in [5.41, 5.74) is 2.04. The van der Waals surface area contributed by atoms with Crippen molar-refractivity contribution in [3.8, 4) is 11.6 Å². The van der Waals surface area contributed by atoms with Gasteiger partial charge in [-0.15, -0.1) is 5.10 Å². The highest BCUT2D eigenvalue weighted by Gasteiger charge is 2.22. The average molecular weight is 492 g/mol. The van der Waals surface area contributed by atoms with Gasteiger partial charge in [-0.1, -0.05) is 30.3 Å². The molecule has 0 N–H and O–H groups in total. The third-order valence-electron chi connectivity index (χ3n) is 6.25. The Bertz CT molecular complexity index is 1370. The Hall–Kier alpha value is -3.56. The van der Waals surface area contributed by atoms with Crippen molar-refractivity contribution in [1.29, 1.82) is 0 Å². The van der Waals surface area contributed by atoms with E-state index in [0.29, 0.717) is 53.9 Å². The fraction of sp³-hybridized carbons (Fsp3) is 0.269. The first-order chi connectivity index (χ1) is 17.0. The molecule has 2 aromatic heterocycles. The largest absolute Gasteiger partial charge is 0.461 e. The minimum absolute atomic E-state index is 0.141. The van der Waals surface area contributed by atoms with Crippen LogP contribution in [0.4, 0.5) is 10.1 Å². The van der Waals surface area contributed by atoms with Gasteiger partial charge in [0.1, 0.15) is 5.82 Å². The Morgan fingerprint density at radius 1 is 1.06 bits per heavy atom. The number of rotatable bonds is 7. The maximum absolute atomic E-state index is 14.6. The molecular formula is C26H26FN5O2S. The van der Waals surface area contributed by atoms with Crippen LogP contribution in [0, 0.1) is 10.6 Å². The number of hydrogen-bond donors (Lipinski definition) is 0. The van der Waals surface area contributed by atoms with Crippen LogP contribution in [0.2, 0.25) is 0 Å². The highest BCUT2D eigenvalue weighted by molar-refractivity contribution is 7.71. The fourth-order valence-electron chi connectivity index (χ4n) is 4.33. The van der Waals surface area contributed by atoms with E-state index in [2.05, 4.69) is 17.0 Å². The van der Waals surface area contributed by atoms with Crippen molar-refractivity contribution in [2.75, 3.05) is 31.1 Å². The third-order valence-corrected chi connectivity index (χ3v) is 6.68. The molecular weight excluding hydrogens is 465 g/mol. The van der Waals surface area contributed by atoms with Crippen LogP contribution in [0.5, 0.6) is 0 Å². The molecule has 0 saturated carbocycles. The van der Waals surface area contributed by atoms with Crippen molar-refractivity contribution in [1.82, 2.24) is 19.2 Å². The van der Waals surface area contributed by atoms with Crippen molar-refractivity contribution in [2.45, 2.75) is 20.1 Å². The zero-order valence-corrected chi connectivity index (χ0v) is 20.2. The van der Waals surface area contributed by atoms with E-state index in [4.69, 9.17) is 21.7 Å². The molecule has 1 saturated heterocycles. The van der Waals surface area contributed by atoms with E-state index in [1.54, 1.807) is 18.4 Å². The number of furan rings is 1. The van der Waals surface area contributed by atoms with Crippen LogP contribution < -0.4 is 4.90 Å². The van der Waals surface area contributed by atoms with Crippen LogP contribution in [0.25, 0.3) is 11.6 Å². The first-order valence-electron chi connectivity index (χ1n) is 11.5. The van der Waals surface area contributed by atoms with Gasteiger partial charge in [0.05, 0.1) is 25.2 Å². The molecule has 0 amide bonds. The summed E-state index contributed by atoms with van der Waals surface area (Å²) in [6.45, 7) is 5.37.